The van der Waals surface area contributed by atoms with Crippen LogP contribution in [-0.4, -0.2) is 47.4 Å². The molecule has 0 bridgehead atoms. The number of rotatable bonds is 1. The lowest BCUT2D eigenvalue weighted by Gasteiger charge is -2.47. The van der Waals surface area contributed by atoms with Crippen LogP contribution in [0.15, 0.2) is 0 Å². The van der Waals surface area contributed by atoms with E-state index < -0.39 is 0 Å². The van der Waals surface area contributed by atoms with E-state index in [1.54, 1.807) is 0 Å². The van der Waals surface area contributed by atoms with E-state index in [1.807, 2.05) is 0 Å². The van der Waals surface area contributed by atoms with Gasteiger partial charge in [-0.3, -0.25) is 4.90 Å². The summed E-state index contributed by atoms with van der Waals surface area (Å²) in [5.74, 6) is 0. The lowest BCUT2D eigenvalue weighted by molar-refractivity contribution is -0.111. The first kappa shape index (κ1) is 13.3. The van der Waals surface area contributed by atoms with Gasteiger partial charge >= 0.3 is 0 Å². The first-order valence-electron chi connectivity index (χ1n) is 6.95. The van der Waals surface area contributed by atoms with Crippen molar-refractivity contribution < 1.29 is 9.84 Å². The molecule has 0 aromatic rings. The van der Waals surface area contributed by atoms with Gasteiger partial charge in [-0.15, -0.1) is 0 Å². The molecule has 0 aromatic carbocycles. The van der Waals surface area contributed by atoms with Crippen LogP contribution in [0.4, 0.5) is 0 Å². The van der Waals surface area contributed by atoms with E-state index in [0.29, 0.717) is 11.5 Å². The van der Waals surface area contributed by atoms with Gasteiger partial charge in [0.2, 0.25) is 0 Å². The van der Waals surface area contributed by atoms with Crippen molar-refractivity contribution in [2.45, 2.75) is 71.3 Å². The molecule has 1 aliphatic carbocycles. The second-order valence-electron chi connectivity index (χ2n) is 6.75. The third kappa shape index (κ3) is 3.21. The third-order valence-electron chi connectivity index (χ3n) is 4.24. The minimum absolute atomic E-state index is 0.152. The zero-order chi connectivity index (χ0) is 12.6. The lowest BCUT2D eigenvalue weighted by Crippen LogP contribution is -2.56. The van der Waals surface area contributed by atoms with Gasteiger partial charge in [-0.2, -0.15) is 0 Å². The number of aliphatic hydroxyl groups is 1. The Kier molecular flexibility index (Phi) is 3.81. The molecule has 4 atom stereocenters. The summed E-state index contributed by atoms with van der Waals surface area (Å²) in [6, 6.07) is 0.326. The van der Waals surface area contributed by atoms with Crippen molar-refractivity contribution >= 4 is 0 Å². The Morgan fingerprint density at radius 2 is 1.76 bits per heavy atom. The maximum Gasteiger partial charge on any atom is 0.0695 e. The van der Waals surface area contributed by atoms with Crippen LogP contribution >= 0.6 is 0 Å². The molecule has 3 heteroatoms. The van der Waals surface area contributed by atoms with Crippen molar-refractivity contribution in [1.82, 2.24) is 4.90 Å². The first-order chi connectivity index (χ1) is 7.87. The van der Waals surface area contributed by atoms with Gasteiger partial charge in [0.05, 0.1) is 18.3 Å². The van der Waals surface area contributed by atoms with Crippen molar-refractivity contribution in [1.29, 1.82) is 0 Å². The molecule has 2 fully saturated rings. The summed E-state index contributed by atoms with van der Waals surface area (Å²) in [6.45, 7) is 10.8. The molecular weight excluding hydrogens is 214 g/mol. The van der Waals surface area contributed by atoms with Crippen LogP contribution in [0.1, 0.15) is 47.0 Å². The molecule has 3 nitrogen and oxygen atoms in total. The summed E-state index contributed by atoms with van der Waals surface area (Å²) in [4.78, 5) is 2.45. The number of hydrogen-bond donors (Lipinski definition) is 1. The molecule has 0 spiro atoms. The molecule has 2 aliphatic rings. The average molecular weight is 241 g/mol. The van der Waals surface area contributed by atoms with Crippen LogP contribution in [-0.2, 0) is 4.74 Å². The number of nitrogens with zero attached hydrogens (tertiary/aromatic N) is 1. The monoisotopic (exact) mass is 241 g/mol. The fraction of sp³-hybridized carbons (Fsp3) is 1.00. The molecule has 1 saturated carbocycles. The van der Waals surface area contributed by atoms with Crippen LogP contribution in [0.25, 0.3) is 0 Å². The molecule has 1 saturated heterocycles. The second-order valence-corrected chi connectivity index (χ2v) is 6.75. The summed E-state index contributed by atoms with van der Waals surface area (Å²) in [6.07, 6.45) is 3.61. The maximum absolute atomic E-state index is 10.2. The van der Waals surface area contributed by atoms with Crippen molar-refractivity contribution in [3.05, 3.63) is 0 Å². The molecule has 100 valence electrons. The molecule has 1 aliphatic heterocycles. The van der Waals surface area contributed by atoms with E-state index in [1.165, 1.54) is 0 Å². The van der Waals surface area contributed by atoms with Crippen molar-refractivity contribution in [2.75, 3.05) is 13.1 Å². The molecule has 17 heavy (non-hydrogen) atoms. The molecule has 0 amide bonds. The minimum atomic E-state index is -0.152. The van der Waals surface area contributed by atoms with E-state index in [4.69, 9.17) is 4.74 Å². The predicted molar refractivity (Wildman–Crippen MR) is 69.0 cm³/mol. The van der Waals surface area contributed by atoms with Crippen molar-refractivity contribution in [2.24, 2.45) is 5.41 Å². The van der Waals surface area contributed by atoms with Gasteiger partial charge in [0.15, 0.2) is 0 Å². The smallest absolute Gasteiger partial charge is 0.0695 e. The third-order valence-corrected chi connectivity index (χ3v) is 4.24. The highest BCUT2D eigenvalue weighted by molar-refractivity contribution is 4.92. The van der Waals surface area contributed by atoms with Gasteiger partial charge in [0.25, 0.3) is 0 Å². The Hall–Kier alpha value is -0.120. The molecule has 0 radical (unpaired) electrons. The van der Waals surface area contributed by atoms with Gasteiger partial charge in [-0.1, -0.05) is 13.8 Å². The van der Waals surface area contributed by atoms with Gasteiger partial charge in [-0.05, 0) is 38.5 Å². The largest absolute Gasteiger partial charge is 0.391 e. The van der Waals surface area contributed by atoms with Crippen LogP contribution in [0.2, 0.25) is 0 Å². The Morgan fingerprint density at radius 1 is 1.18 bits per heavy atom. The van der Waals surface area contributed by atoms with Gasteiger partial charge in [0, 0.05) is 19.1 Å². The molecule has 2 rings (SSSR count). The lowest BCUT2D eigenvalue weighted by atomic mass is 9.73. The van der Waals surface area contributed by atoms with Crippen LogP contribution in [0, 0.1) is 5.41 Å². The van der Waals surface area contributed by atoms with E-state index in [9.17, 15) is 5.11 Å². The average Bonchev–Trinajstić information content (AvgIpc) is 2.20. The molecular formula is C14H27NO2. The second kappa shape index (κ2) is 4.87. The quantitative estimate of drug-likeness (QED) is 0.762. The van der Waals surface area contributed by atoms with Crippen LogP contribution < -0.4 is 0 Å². The summed E-state index contributed by atoms with van der Waals surface area (Å²) in [7, 11) is 0. The number of ether oxygens (including phenoxy) is 1. The molecule has 0 aromatic heterocycles. The fourth-order valence-electron chi connectivity index (χ4n) is 3.40. The summed E-state index contributed by atoms with van der Waals surface area (Å²) >= 11 is 0. The van der Waals surface area contributed by atoms with Crippen LogP contribution in [0.3, 0.4) is 0 Å². The SMILES string of the molecule is C[C@@H]1CN(C2CC(C)(C)CCC2O)C[C@H](C)O1. The highest BCUT2D eigenvalue weighted by Crippen LogP contribution is 2.38. The number of aliphatic hydroxyl groups excluding tert-OH is 1. The Morgan fingerprint density at radius 3 is 2.35 bits per heavy atom. The number of morpholine rings is 1. The number of hydrogen-bond acceptors (Lipinski definition) is 3. The Bertz CT molecular complexity index is 257. The first-order valence-corrected chi connectivity index (χ1v) is 6.95. The highest BCUT2D eigenvalue weighted by atomic mass is 16.5. The van der Waals surface area contributed by atoms with Crippen molar-refractivity contribution in [3.63, 3.8) is 0 Å². The van der Waals surface area contributed by atoms with E-state index >= 15 is 0 Å². The van der Waals surface area contributed by atoms with E-state index in [2.05, 4.69) is 32.6 Å². The van der Waals surface area contributed by atoms with Crippen LogP contribution in [0.5, 0.6) is 0 Å². The van der Waals surface area contributed by atoms with Crippen molar-refractivity contribution in [3.8, 4) is 0 Å². The predicted octanol–water partition coefficient (Wildman–Crippen LogP) is 2.04. The van der Waals surface area contributed by atoms with Gasteiger partial charge < -0.3 is 9.84 Å². The van der Waals surface area contributed by atoms with Gasteiger partial charge in [0.1, 0.15) is 0 Å². The maximum atomic E-state index is 10.2. The minimum Gasteiger partial charge on any atom is -0.391 e. The van der Waals surface area contributed by atoms with E-state index in [-0.39, 0.29) is 18.3 Å². The fourth-order valence-corrected chi connectivity index (χ4v) is 3.40. The van der Waals surface area contributed by atoms with Gasteiger partial charge in [-0.25, -0.2) is 0 Å². The summed E-state index contributed by atoms with van der Waals surface area (Å²) in [5.41, 5.74) is 0.370. The summed E-state index contributed by atoms with van der Waals surface area (Å²) in [5, 5.41) is 10.2. The molecule has 1 N–H and O–H groups in total. The van der Waals surface area contributed by atoms with E-state index in [0.717, 1.165) is 32.4 Å². The Labute approximate surface area is 105 Å². The Balaban J connectivity index is 2.04. The topological polar surface area (TPSA) is 32.7 Å². The highest BCUT2D eigenvalue weighted by Gasteiger charge is 2.39. The molecule has 1 heterocycles. The normalized spacial score (nSPS) is 43.6. The standard InChI is InChI=1S/C14H27NO2/c1-10-8-15(9-11(2)17-10)12-7-14(3,4)6-5-13(12)16/h10-13,16H,5-9H2,1-4H3/t10-,11+,12?,13?. The molecule has 2 unspecified atom stereocenters. The zero-order valence-electron chi connectivity index (χ0n) is 11.6. The summed E-state index contributed by atoms with van der Waals surface area (Å²) < 4.78 is 5.77. The zero-order valence-corrected chi connectivity index (χ0v) is 11.6.